The first-order valence-electron chi connectivity index (χ1n) is 6.10. The molecule has 0 bridgehead atoms. The number of hydrogen-bond acceptors (Lipinski definition) is 2. The molecule has 0 aromatic heterocycles. The molecule has 0 spiro atoms. The molecule has 0 saturated carbocycles. The molecule has 0 aliphatic carbocycles. The van der Waals surface area contributed by atoms with Crippen LogP contribution < -0.4 is 5.32 Å². The molecule has 0 aromatic rings. The zero-order valence-electron chi connectivity index (χ0n) is 10.3. The lowest BCUT2D eigenvalue weighted by Gasteiger charge is -2.39. The van der Waals surface area contributed by atoms with Crippen molar-refractivity contribution in [1.82, 2.24) is 10.2 Å². The lowest BCUT2D eigenvalue weighted by Crippen LogP contribution is -2.45. The summed E-state index contributed by atoms with van der Waals surface area (Å²) >= 11 is 0. The highest BCUT2D eigenvalue weighted by Gasteiger charge is 2.29. The molecular weight excluding hydrogens is 188 g/mol. The van der Waals surface area contributed by atoms with Gasteiger partial charge in [0.25, 0.3) is 0 Å². The molecule has 1 aliphatic heterocycles. The highest BCUT2D eigenvalue weighted by Crippen LogP contribution is 2.33. The predicted molar refractivity (Wildman–Crippen MR) is 62.8 cm³/mol. The Morgan fingerprint density at radius 1 is 1.33 bits per heavy atom. The Morgan fingerprint density at radius 2 is 1.93 bits per heavy atom. The van der Waals surface area contributed by atoms with Gasteiger partial charge >= 0.3 is 0 Å². The van der Waals surface area contributed by atoms with E-state index in [0.29, 0.717) is 12.0 Å². The largest absolute Gasteiger partial charge is 0.342 e. The van der Waals surface area contributed by atoms with Crippen LogP contribution >= 0.6 is 0 Å². The number of hydrogen-bond donors (Lipinski definition) is 1. The Bertz CT molecular complexity index is 208. The summed E-state index contributed by atoms with van der Waals surface area (Å²) in [6.45, 7) is 9.85. The normalized spacial score (nSPS) is 20.3. The van der Waals surface area contributed by atoms with E-state index in [2.05, 4.69) is 19.2 Å². The topological polar surface area (TPSA) is 32.3 Å². The number of rotatable bonds is 4. The van der Waals surface area contributed by atoms with E-state index in [-0.39, 0.29) is 5.91 Å². The van der Waals surface area contributed by atoms with Crippen molar-refractivity contribution >= 4 is 5.91 Å². The molecule has 1 amide bonds. The molecule has 15 heavy (non-hydrogen) atoms. The van der Waals surface area contributed by atoms with Gasteiger partial charge in [-0.1, -0.05) is 27.2 Å². The number of carbonyl (C=O) groups excluding carboxylic acids is 1. The zero-order valence-corrected chi connectivity index (χ0v) is 10.3. The Hall–Kier alpha value is -0.570. The van der Waals surface area contributed by atoms with Gasteiger partial charge in [0.2, 0.25) is 5.91 Å². The SMILES string of the molecule is CCNCC(=O)N1CCC(C)(CC)CC1. The second kappa shape index (κ2) is 5.50. The van der Waals surface area contributed by atoms with Gasteiger partial charge in [0.05, 0.1) is 6.54 Å². The minimum atomic E-state index is 0.259. The molecule has 1 rings (SSSR count). The van der Waals surface area contributed by atoms with Gasteiger partial charge in [-0.25, -0.2) is 0 Å². The molecule has 3 nitrogen and oxygen atoms in total. The second-order valence-corrected chi connectivity index (χ2v) is 4.83. The molecule has 1 fully saturated rings. The van der Waals surface area contributed by atoms with E-state index in [1.807, 2.05) is 11.8 Å². The van der Waals surface area contributed by atoms with Crippen molar-refractivity contribution in [1.29, 1.82) is 0 Å². The van der Waals surface area contributed by atoms with Crippen LogP contribution in [0, 0.1) is 5.41 Å². The fraction of sp³-hybridized carbons (Fsp3) is 0.917. The van der Waals surface area contributed by atoms with Gasteiger partial charge in [-0.3, -0.25) is 4.79 Å². The lowest BCUT2D eigenvalue weighted by molar-refractivity contribution is -0.132. The molecule has 0 radical (unpaired) electrons. The summed E-state index contributed by atoms with van der Waals surface area (Å²) in [6.07, 6.45) is 3.53. The van der Waals surface area contributed by atoms with Crippen LogP contribution in [-0.4, -0.2) is 37.0 Å². The summed E-state index contributed by atoms with van der Waals surface area (Å²) in [4.78, 5) is 13.7. The first kappa shape index (κ1) is 12.5. The molecule has 1 heterocycles. The van der Waals surface area contributed by atoms with Crippen molar-refractivity contribution in [2.45, 2.75) is 40.0 Å². The zero-order chi connectivity index (χ0) is 11.3. The smallest absolute Gasteiger partial charge is 0.236 e. The van der Waals surface area contributed by atoms with Crippen LogP contribution in [-0.2, 0) is 4.79 Å². The molecule has 1 N–H and O–H groups in total. The average Bonchev–Trinajstić information content (AvgIpc) is 2.27. The number of likely N-dealkylation sites (N-methyl/N-ethyl adjacent to an activating group) is 1. The summed E-state index contributed by atoms with van der Waals surface area (Å²) < 4.78 is 0. The number of nitrogens with zero attached hydrogens (tertiary/aromatic N) is 1. The monoisotopic (exact) mass is 212 g/mol. The third-order valence-electron chi connectivity index (χ3n) is 3.70. The molecule has 3 heteroatoms. The molecule has 0 aromatic carbocycles. The molecular formula is C12H24N2O. The van der Waals surface area contributed by atoms with Gasteiger partial charge in [0.1, 0.15) is 0 Å². The number of nitrogens with one attached hydrogen (secondary N) is 1. The van der Waals surface area contributed by atoms with Gasteiger partial charge in [0, 0.05) is 13.1 Å². The van der Waals surface area contributed by atoms with Crippen LogP contribution in [0.15, 0.2) is 0 Å². The van der Waals surface area contributed by atoms with Crippen LogP contribution in [0.3, 0.4) is 0 Å². The summed E-state index contributed by atoms with van der Waals surface area (Å²) in [7, 11) is 0. The third-order valence-corrected chi connectivity index (χ3v) is 3.70. The van der Waals surface area contributed by atoms with Crippen molar-refractivity contribution in [3.05, 3.63) is 0 Å². The van der Waals surface area contributed by atoms with E-state index >= 15 is 0 Å². The van der Waals surface area contributed by atoms with E-state index in [9.17, 15) is 4.79 Å². The van der Waals surface area contributed by atoms with Crippen molar-refractivity contribution in [3.63, 3.8) is 0 Å². The highest BCUT2D eigenvalue weighted by atomic mass is 16.2. The van der Waals surface area contributed by atoms with Crippen LogP contribution in [0.5, 0.6) is 0 Å². The Morgan fingerprint density at radius 3 is 2.40 bits per heavy atom. The average molecular weight is 212 g/mol. The maximum absolute atomic E-state index is 11.7. The van der Waals surface area contributed by atoms with Crippen molar-refractivity contribution in [2.24, 2.45) is 5.41 Å². The standard InChI is InChI=1S/C12H24N2O/c1-4-12(3)6-8-14(9-7-12)11(15)10-13-5-2/h13H,4-10H2,1-3H3. The van der Waals surface area contributed by atoms with E-state index in [1.165, 1.54) is 6.42 Å². The van der Waals surface area contributed by atoms with Gasteiger partial charge in [-0.2, -0.15) is 0 Å². The lowest BCUT2D eigenvalue weighted by atomic mass is 9.78. The fourth-order valence-electron chi connectivity index (χ4n) is 1.99. The third kappa shape index (κ3) is 3.49. The van der Waals surface area contributed by atoms with Crippen LogP contribution in [0.4, 0.5) is 0 Å². The highest BCUT2D eigenvalue weighted by molar-refractivity contribution is 5.78. The Balaban J connectivity index is 2.33. The quantitative estimate of drug-likeness (QED) is 0.768. The molecule has 1 aliphatic rings. The minimum absolute atomic E-state index is 0.259. The van der Waals surface area contributed by atoms with Crippen LogP contribution in [0.1, 0.15) is 40.0 Å². The van der Waals surface area contributed by atoms with Crippen molar-refractivity contribution in [3.8, 4) is 0 Å². The van der Waals surface area contributed by atoms with E-state index in [4.69, 9.17) is 0 Å². The maximum Gasteiger partial charge on any atom is 0.236 e. The first-order chi connectivity index (χ1) is 7.11. The van der Waals surface area contributed by atoms with Crippen molar-refractivity contribution < 1.29 is 4.79 Å². The van der Waals surface area contributed by atoms with Crippen molar-refractivity contribution in [2.75, 3.05) is 26.2 Å². The Labute approximate surface area is 93.2 Å². The first-order valence-corrected chi connectivity index (χ1v) is 6.10. The van der Waals surface area contributed by atoms with Gasteiger partial charge in [0.15, 0.2) is 0 Å². The summed E-state index contributed by atoms with van der Waals surface area (Å²) in [5.41, 5.74) is 0.467. The van der Waals surface area contributed by atoms with Crippen LogP contribution in [0.25, 0.3) is 0 Å². The van der Waals surface area contributed by atoms with E-state index < -0.39 is 0 Å². The van der Waals surface area contributed by atoms with Gasteiger partial charge < -0.3 is 10.2 Å². The maximum atomic E-state index is 11.7. The Kier molecular flexibility index (Phi) is 4.58. The summed E-state index contributed by atoms with van der Waals surface area (Å²) in [5, 5.41) is 3.09. The second-order valence-electron chi connectivity index (χ2n) is 4.83. The fourth-order valence-corrected chi connectivity index (χ4v) is 1.99. The van der Waals surface area contributed by atoms with E-state index in [0.717, 1.165) is 32.5 Å². The number of carbonyl (C=O) groups is 1. The molecule has 0 unspecified atom stereocenters. The number of likely N-dealkylation sites (tertiary alicyclic amines) is 1. The molecule has 0 atom stereocenters. The van der Waals surface area contributed by atoms with Crippen LogP contribution in [0.2, 0.25) is 0 Å². The molecule has 1 saturated heterocycles. The molecule has 88 valence electrons. The summed E-state index contributed by atoms with van der Waals surface area (Å²) in [5.74, 6) is 0.259. The summed E-state index contributed by atoms with van der Waals surface area (Å²) in [6, 6.07) is 0. The minimum Gasteiger partial charge on any atom is -0.342 e. The van der Waals surface area contributed by atoms with E-state index in [1.54, 1.807) is 0 Å². The van der Waals surface area contributed by atoms with Gasteiger partial charge in [-0.15, -0.1) is 0 Å². The number of piperidine rings is 1. The number of amides is 1. The predicted octanol–water partition coefficient (Wildman–Crippen LogP) is 1.63. The van der Waals surface area contributed by atoms with Gasteiger partial charge in [-0.05, 0) is 24.8 Å².